The molecule has 0 aliphatic carbocycles. The lowest BCUT2D eigenvalue weighted by Crippen LogP contribution is -2.23. The van der Waals surface area contributed by atoms with Gasteiger partial charge in [0.1, 0.15) is 5.75 Å². The molecule has 7 nitrogen and oxygen atoms in total. The monoisotopic (exact) mass is 400 g/mol. The Kier molecular flexibility index (Phi) is 5.17. The minimum Gasteiger partial charge on any atom is -0.496 e. The number of fused-ring (bicyclic) bond motifs is 1. The molecule has 0 aliphatic rings. The van der Waals surface area contributed by atoms with Crippen LogP contribution in [0.25, 0.3) is 22.0 Å². The molecule has 0 spiro atoms. The average molecular weight is 400 g/mol. The van der Waals surface area contributed by atoms with E-state index < -0.39 is 5.91 Å². The maximum absolute atomic E-state index is 12.5. The second-order valence-electron chi connectivity index (χ2n) is 6.77. The molecule has 3 aromatic carbocycles. The second-order valence-corrected chi connectivity index (χ2v) is 6.77. The van der Waals surface area contributed by atoms with Gasteiger partial charge < -0.3 is 15.8 Å². The largest absolute Gasteiger partial charge is 0.496 e. The fraction of sp³-hybridized carbons (Fsp3) is 0.0870. The van der Waals surface area contributed by atoms with Crippen molar-refractivity contribution < 1.29 is 14.3 Å². The van der Waals surface area contributed by atoms with Crippen molar-refractivity contribution in [2.75, 3.05) is 7.11 Å². The number of hydrogen-bond donors (Lipinski definition) is 3. The number of hydrogen-bond acceptors (Lipinski definition) is 4. The molecular weight excluding hydrogens is 380 g/mol. The molecule has 0 bridgehead atoms. The van der Waals surface area contributed by atoms with E-state index in [-0.39, 0.29) is 5.91 Å². The number of para-hydroxylation sites is 1. The zero-order valence-corrected chi connectivity index (χ0v) is 16.3. The van der Waals surface area contributed by atoms with Gasteiger partial charge in [0.15, 0.2) is 0 Å². The molecule has 0 aliphatic heterocycles. The summed E-state index contributed by atoms with van der Waals surface area (Å²) >= 11 is 0. The van der Waals surface area contributed by atoms with Crippen LogP contribution in [0, 0.1) is 0 Å². The predicted octanol–water partition coefficient (Wildman–Crippen LogP) is 3.27. The molecule has 0 saturated carbocycles. The Morgan fingerprint density at radius 1 is 1.07 bits per heavy atom. The first-order valence-corrected chi connectivity index (χ1v) is 9.35. The predicted molar refractivity (Wildman–Crippen MR) is 114 cm³/mol. The highest BCUT2D eigenvalue weighted by Gasteiger charge is 2.16. The minimum atomic E-state index is -0.520. The number of nitrogens with two attached hydrogens (primary N) is 1. The third-order valence-electron chi connectivity index (χ3n) is 4.93. The van der Waals surface area contributed by atoms with Crippen LogP contribution in [0.3, 0.4) is 0 Å². The number of nitrogens with zero attached hydrogens (tertiary/aromatic N) is 1. The minimum absolute atomic E-state index is 0.211. The maximum Gasteiger partial charge on any atom is 0.255 e. The number of amides is 2. The summed E-state index contributed by atoms with van der Waals surface area (Å²) in [6.07, 6.45) is 1.65. The quantitative estimate of drug-likeness (QED) is 0.461. The van der Waals surface area contributed by atoms with Gasteiger partial charge in [-0.1, -0.05) is 48.5 Å². The van der Waals surface area contributed by atoms with E-state index in [1.807, 2.05) is 42.5 Å². The van der Waals surface area contributed by atoms with Crippen molar-refractivity contribution in [3.05, 3.63) is 83.6 Å². The first kappa shape index (κ1) is 19.2. The van der Waals surface area contributed by atoms with E-state index in [1.165, 1.54) is 7.11 Å². The molecule has 1 heterocycles. The molecule has 4 rings (SSSR count). The Morgan fingerprint density at radius 2 is 1.83 bits per heavy atom. The highest BCUT2D eigenvalue weighted by molar-refractivity contribution is 6.10. The van der Waals surface area contributed by atoms with Crippen LogP contribution < -0.4 is 15.8 Å². The Balaban J connectivity index is 1.54. The molecule has 0 unspecified atom stereocenters. The Morgan fingerprint density at radius 3 is 2.57 bits per heavy atom. The summed E-state index contributed by atoms with van der Waals surface area (Å²) < 4.78 is 5.23. The van der Waals surface area contributed by atoms with Crippen molar-refractivity contribution >= 4 is 22.7 Å². The van der Waals surface area contributed by atoms with Gasteiger partial charge >= 0.3 is 0 Å². The van der Waals surface area contributed by atoms with Crippen molar-refractivity contribution in [2.24, 2.45) is 5.73 Å². The fourth-order valence-corrected chi connectivity index (χ4v) is 3.42. The molecule has 0 saturated heterocycles. The SMILES string of the molecule is COc1ccccc1C(=O)NCc1ccc(-c2ccc3cn[nH]c3c2C(N)=O)cc1. The summed E-state index contributed by atoms with van der Waals surface area (Å²) in [6, 6.07) is 18.4. The van der Waals surface area contributed by atoms with Crippen LogP contribution in [-0.4, -0.2) is 29.1 Å². The molecule has 4 aromatic rings. The Bertz CT molecular complexity index is 1230. The number of aromatic nitrogens is 2. The zero-order valence-electron chi connectivity index (χ0n) is 16.3. The van der Waals surface area contributed by atoms with Crippen molar-refractivity contribution in [3.63, 3.8) is 0 Å². The molecular formula is C23H20N4O3. The van der Waals surface area contributed by atoms with Gasteiger partial charge in [0.05, 0.1) is 30.0 Å². The summed E-state index contributed by atoms with van der Waals surface area (Å²) in [4.78, 5) is 24.5. The third-order valence-corrected chi connectivity index (χ3v) is 4.93. The smallest absolute Gasteiger partial charge is 0.255 e. The molecule has 1 aromatic heterocycles. The van der Waals surface area contributed by atoms with Crippen molar-refractivity contribution in [2.45, 2.75) is 6.54 Å². The first-order chi connectivity index (χ1) is 14.6. The number of nitrogens with one attached hydrogen (secondary N) is 2. The molecule has 30 heavy (non-hydrogen) atoms. The van der Waals surface area contributed by atoms with Crippen LogP contribution in [0.15, 0.2) is 66.9 Å². The van der Waals surface area contributed by atoms with Crippen LogP contribution in [0.1, 0.15) is 26.3 Å². The lowest BCUT2D eigenvalue weighted by molar-refractivity contribution is 0.0946. The number of carbonyl (C=O) groups excluding carboxylic acids is 2. The van der Waals surface area contributed by atoms with Crippen LogP contribution in [0.2, 0.25) is 0 Å². The fourth-order valence-electron chi connectivity index (χ4n) is 3.42. The van der Waals surface area contributed by atoms with Gasteiger partial charge in [-0.2, -0.15) is 5.10 Å². The van der Waals surface area contributed by atoms with E-state index in [4.69, 9.17) is 10.5 Å². The first-order valence-electron chi connectivity index (χ1n) is 9.35. The van der Waals surface area contributed by atoms with Gasteiger partial charge in [0, 0.05) is 11.9 Å². The number of H-pyrrole nitrogens is 1. The van der Waals surface area contributed by atoms with E-state index in [1.54, 1.807) is 24.4 Å². The maximum atomic E-state index is 12.5. The van der Waals surface area contributed by atoms with E-state index >= 15 is 0 Å². The van der Waals surface area contributed by atoms with Gasteiger partial charge in [0.25, 0.3) is 11.8 Å². The number of aromatic amines is 1. The number of primary amides is 1. The lowest BCUT2D eigenvalue weighted by atomic mass is 9.96. The molecule has 2 amide bonds. The standard InChI is InChI=1S/C23H20N4O3/c1-30-19-5-3-2-4-18(19)23(29)25-12-14-6-8-15(9-7-14)17-11-10-16-13-26-27-21(16)20(17)22(24)28/h2-11,13H,12H2,1H3,(H2,24,28)(H,25,29)(H,26,27). The average Bonchev–Trinajstić information content (AvgIpc) is 3.25. The van der Waals surface area contributed by atoms with E-state index in [9.17, 15) is 9.59 Å². The van der Waals surface area contributed by atoms with Crippen molar-refractivity contribution in [3.8, 4) is 16.9 Å². The highest BCUT2D eigenvalue weighted by Crippen LogP contribution is 2.29. The lowest BCUT2D eigenvalue weighted by Gasteiger charge is -2.11. The van der Waals surface area contributed by atoms with Gasteiger partial charge in [-0.15, -0.1) is 0 Å². The zero-order chi connectivity index (χ0) is 21.1. The van der Waals surface area contributed by atoms with Gasteiger partial charge in [-0.3, -0.25) is 14.7 Å². The van der Waals surface area contributed by atoms with Crippen LogP contribution >= 0.6 is 0 Å². The molecule has 0 atom stereocenters. The normalized spacial score (nSPS) is 10.7. The van der Waals surface area contributed by atoms with Gasteiger partial charge in [0.2, 0.25) is 0 Å². The summed E-state index contributed by atoms with van der Waals surface area (Å²) in [5.74, 6) is -0.205. The second kappa shape index (κ2) is 8.08. The summed E-state index contributed by atoms with van der Waals surface area (Å²) in [6.45, 7) is 0.361. The number of benzene rings is 3. The number of methoxy groups -OCH3 is 1. The van der Waals surface area contributed by atoms with Crippen LogP contribution in [0.4, 0.5) is 0 Å². The van der Waals surface area contributed by atoms with Crippen LogP contribution in [-0.2, 0) is 6.54 Å². The van der Waals surface area contributed by atoms with E-state index in [2.05, 4.69) is 15.5 Å². The summed E-state index contributed by atoms with van der Waals surface area (Å²) in [7, 11) is 1.53. The molecule has 4 N–H and O–H groups in total. The molecule has 150 valence electrons. The topological polar surface area (TPSA) is 110 Å². The van der Waals surface area contributed by atoms with Crippen molar-refractivity contribution in [1.29, 1.82) is 0 Å². The molecule has 0 fully saturated rings. The van der Waals surface area contributed by atoms with Crippen LogP contribution in [0.5, 0.6) is 5.75 Å². The van der Waals surface area contributed by atoms with E-state index in [0.29, 0.717) is 28.9 Å². The number of carbonyl (C=O) groups is 2. The van der Waals surface area contributed by atoms with E-state index in [0.717, 1.165) is 22.1 Å². The molecule has 7 heteroatoms. The van der Waals surface area contributed by atoms with Crippen molar-refractivity contribution in [1.82, 2.24) is 15.5 Å². The van der Waals surface area contributed by atoms with Gasteiger partial charge in [-0.25, -0.2) is 0 Å². The number of ether oxygens (including phenoxy) is 1. The summed E-state index contributed by atoms with van der Waals surface area (Å²) in [5.41, 5.74) is 9.62. The molecule has 0 radical (unpaired) electrons. The third kappa shape index (κ3) is 3.60. The summed E-state index contributed by atoms with van der Waals surface area (Å²) in [5, 5.41) is 10.5. The number of rotatable bonds is 6. The Labute approximate surface area is 172 Å². The highest BCUT2D eigenvalue weighted by atomic mass is 16.5. The Hall–Kier alpha value is -4.13. The van der Waals surface area contributed by atoms with Gasteiger partial charge in [-0.05, 0) is 28.8 Å².